The van der Waals surface area contributed by atoms with Crippen molar-refractivity contribution in [2.75, 3.05) is 36.0 Å². The average molecular weight is 463 g/mol. The summed E-state index contributed by atoms with van der Waals surface area (Å²) in [7, 11) is 0. The van der Waals surface area contributed by atoms with Gasteiger partial charge in [-0.15, -0.1) is 0 Å². The molecule has 2 atom stereocenters. The van der Waals surface area contributed by atoms with Gasteiger partial charge in [-0.1, -0.05) is 30.3 Å². The summed E-state index contributed by atoms with van der Waals surface area (Å²) in [5.41, 5.74) is 3.20. The lowest BCUT2D eigenvalue weighted by Crippen LogP contribution is -3.31. The fraction of sp³-hybridized carbons (Fsp3) is 0.385. The summed E-state index contributed by atoms with van der Waals surface area (Å²) in [6, 6.07) is 14.1. The lowest BCUT2D eigenvalue weighted by Gasteiger charge is -2.34. The number of hydrogen-bond acceptors (Lipinski definition) is 4. The van der Waals surface area contributed by atoms with E-state index in [-0.39, 0.29) is 42.5 Å². The van der Waals surface area contributed by atoms with E-state index in [1.54, 1.807) is 6.07 Å². The average Bonchev–Trinajstić information content (AvgIpc) is 3.28. The second-order valence-corrected chi connectivity index (χ2v) is 9.59. The molecule has 0 aromatic heterocycles. The molecule has 3 heterocycles. The van der Waals surface area contributed by atoms with Crippen molar-refractivity contribution in [2.45, 2.75) is 38.8 Å². The number of para-hydroxylation sites is 1. The first-order chi connectivity index (χ1) is 16.3. The van der Waals surface area contributed by atoms with Crippen LogP contribution in [0.25, 0.3) is 0 Å². The van der Waals surface area contributed by atoms with Crippen molar-refractivity contribution < 1.29 is 29.0 Å². The number of quaternary nitrogens is 2. The number of benzene rings is 2. The van der Waals surface area contributed by atoms with Gasteiger partial charge >= 0.3 is 0 Å². The highest BCUT2D eigenvalue weighted by molar-refractivity contribution is 6.22. The Hall–Kier alpha value is -3.36. The van der Waals surface area contributed by atoms with E-state index < -0.39 is 6.04 Å². The lowest BCUT2D eigenvalue weighted by atomic mass is 10.1. The highest BCUT2D eigenvalue weighted by Crippen LogP contribution is 2.25. The Kier molecular flexibility index (Phi) is 5.79. The van der Waals surface area contributed by atoms with Gasteiger partial charge in [0.2, 0.25) is 11.8 Å². The van der Waals surface area contributed by atoms with Gasteiger partial charge in [-0.3, -0.25) is 19.2 Å². The molecule has 3 aliphatic heterocycles. The number of anilines is 2. The zero-order chi connectivity index (χ0) is 24.0. The summed E-state index contributed by atoms with van der Waals surface area (Å²) in [5, 5.41) is 0. The van der Waals surface area contributed by atoms with E-state index in [9.17, 15) is 19.2 Å². The molecule has 8 nitrogen and oxygen atoms in total. The van der Waals surface area contributed by atoms with Crippen molar-refractivity contribution in [1.82, 2.24) is 0 Å². The summed E-state index contributed by atoms with van der Waals surface area (Å²) in [6.45, 7) is 6.57. The van der Waals surface area contributed by atoms with Crippen LogP contribution in [0.5, 0.6) is 0 Å². The standard InChI is InChI=1S/C26H28N4O4/c1-17-6-5-8-19(14-17)29-23(31)15-21(25(29)33)27-10-12-28(13-11-27)22-16-24(32)30(26(22)34)20-9-4-3-7-18(20)2/h3-9,14,21-22H,10-13,15-16H2,1-2H3/p+2/t21-,22+/m0/s1. The van der Waals surface area contributed by atoms with E-state index in [1.165, 1.54) is 9.80 Å². The molecule has 0 aliphatic carbocycles. The van der Waals surface area contributed by atoms with Crippen molar-refractivity contribution >= 4 is 35.0 Å². The smallest absolute Gasteiger partial charge is 0.292 e. The molecule has 3 aliphatic rings. The van der Waals surface area contributed by atoms with Gasteiger partial charge in [-0.25, -0.2) is 9.80 Å². The summed E-state index contributed by atoms with van der Waals surface area (Å²) < 4.78 is 0. The van der Waals surface area contributed by atoms with Gasteiger partial charge in [0, 0.05) is 0 Å². The summed E-state index contributed by atoms with van der Waals surface area (Å²) in [6.07, 6.45) is 0.416. The molecule has 0 spiro atoms. The third kappa shape index (κ3) is 3.82. The molecule has 0 unspecified atom stereocenters. The number of imide groups is 2. The number of nitrogens with one attached hydrogen (secondary N) is 2. The number of carbonyl (C=O) groups is 4. The van der Waals surface area contributed by atoms with E-state index in [0.717, 1.165) is 20.9 Å². The molecule has 34 heavy (non-hydrogen) atoms. The molecule has 176 valence electrons. The first-order valence-corrected chi connectivity index (χ1v) is 11.9. The third-order valence-electron chi connectivity index (χ3n) is 7.43. The number of rotatable bonds is 4. The molecule has 2 aromatic rings. The van der Waals surface area contributed by atoms with Gasteiger partial charge in [0.25, 0.3) is 11.8 Å². The Morgan fingerprint density at radius 2 is 1.26 bits per heavy atom. The molecule has 2 N–H and O–H groups in total. The first-order valence-electron chi connectivity index (χ1n) is 11.9. The molecular formula is C26H30N4O4+2. The van der Waals surface area contributed by atoms with Gasteiger partial charge in [0.15, 0.2) is 12.1 Å². The number of piperazine rings is 1. The second-order valence-electron chi connectivity index (χ2n) is 9.59. The Morgan fingerprint density at radius 3 is 1.85 bits per heavy atom. The van der Waals surface area contributed by atoms with E-state index in [1.807, 2.05) is 56.3 Å². The van der Waals surface area contributed by atoms with Crippen molar-refractivity contribution in [3.05, 3.63) is 59.7 Å². The highest BCUT2D eigenvalue weighted by atomic mass is 16.2. The summed E-state index contributed by atoms with van der Waals surface area (Å²) in [5.74, 6) is -0.604. The topological polar surface area (TPSA) is 83.6 Å². The normalized spacial score (nSPS) is 27.7. The number of amides is 4. The molecule has 3 saturated heterocycles. The summed E-state index contributed by atoms with van der Waals surface area (Å²) >= 11 is 0. The van der Waals surface area contributed by atoms with Crippen LogP contribution in [0.2, 0.25) is 0 Å². The monoisotopic (exact) mass is 462 g/mol. The van der Waals surface area contributed by atoms with Gasteiger partial charge < -0.3 is 9.80 Å². The molecule has 2 aromatic carbocycles. The third-order valence-corrected chi connectivity index (χ3v) is 7.43. The first kappa shape index (κ1) is 22.4. The second kappa shape index (κ2) is 8.77. The van der Waals surface area contributed by atoms with E-state index in [2.05, 4.69) is 0 Å². The molecule has 3 fully saturated rings. The molecular weight excluding hydrogens is 432 g/mol. The van der Waals surface area contributed by atoms with Gasteiger partial charge in [0.1, 0.15) is 26.2 Å². The Bertz CT molecular complexity index is 1170. The van der Waals surface area contributed by atoms with Gasteiger partial charge in [0.05, 0.1) is 24.2 Å². The van der Waals surface area contributed by atoms with Crippen LogP contribution in [-0.2, 0) is 19.2 Å². The molecule has 0 bridgehead atoms. The van der Waals surface area contributed by atoms with E-state index in [4.69, 9.17) is 0 Å². The van der Waals surface area contributed by atoms with Crippen LogP contribution in [0.4, 0.5) is 11.4 Å². The number of aryl methyl sites for hydroxylation is 2. The van der Waals surface area contributed by atoms with Crippen LogP contribution >= 0.6 is 0 Å². The fourth-order valence-electron chi connectivity index (χ4n) is 5.60. The van der Waals surface area contributed by atoms with Crippen LogP contribution in [0.1, 0.15) is 24.0 Å². The van der Waals surface area contributed by atoms with Crippen LogP contribution in [0.3, 0.4) is 0 Å². The number of carbonyl (C=O) groups excluding carboxylic acids is 4. The van der Waals surface area contributed by atoms with Crippen molar-refractivity contribution in [3.63, 3.8) is 0 Å². The molecule has 5 rings (SSSR count). The zero-order valence-corrected chi connectivity index (χ0v) is 19.5. The minimum atomic E-state index is -0.390. The Balaban J connectivity index is 1.24. The predicted octanol–water partition coefficient (Wildman–Crippen LogP) is -0.949. The van der Waals surface area contributed by atoms with Gasteiger partial charge in [-0.05, 0) is 43.2 Å². The zero-order valence-electron chi connectivity index (χ0n) is 19.5. The van der Waals surface area contributed by atoms with Gasteiger partial charge in [-0.2, -0.15) is 0 Å². The quantitative estimate of drug-likeness (QED) is 0.574. The van der Waals surface area contributed by atoms with Crippen LogP contribution in [0, 0.1) is 13.8 Å². The van der Waals surface area contributed by atoms with Crippen molar-refractivity contribution in [3.8, 4) is 0 Å². The molecule has 0 radical (unpaired) electrons. The molecule has 8 heteroatoms. The lowest BCUT2D eigenvalue weighted by molar-refractivity contribution is -1.02. The largest absolute Gasteiger partial charge is 0.315 e. The van der Waals surface area contributed by atoms with Crippen LogP contribution < -0.4 is 19.6 Å². The van der Waals surface area contributed by atoms with Crippen molar-refractivity contribution in [2.24, 2.45) is 0 Å². The van der Waals surface area contributed by atoms with Crippen LogP contribution in [0.15, 0.2) is 48.5 Å². The predicted molar refractivity (Wildman–Crippen MR) is 126 cm³/mol. The van der Waals surface area contributed by atoms with E-state index in [0.29, 0.717) is 37.6 Å². The number of hydrogen-bond donors (Lipinski definition) is 2. The van der Waals surface area contributed by atoms with E-state index >= 15 is 0 Å². The number of nitrogens with zero attached hydrogens (tertiary/aromatic N) is 2. The minimum absolute atomic E-state index is 0.143. The maximum Gasteiger partial charge on any atom is 0.292 e. The van der Waals surface area contributed by atoms with Crippen molar-refractivity contribution in [1.29, 1.82) is 0 Å². The SMILES string of the molecule is Cc1cccc(N2C(=O)C[C@H]([NH+]3CC[NH+]([C@@H]4CC(=O)N(c5ccccc5C)C4=O)CC3)C2=O)c1. The van der Waals surface area contributed by atoms with Crippen LogP contribution in [-0.4, -0.2) is 61.9 Å². The Morgan fingerprint density at radius 1 is 0.706 bits per heavy atom. The maximum atomic E-state index is 13.2. The summed E-state index contributed by atoms with van der Waals surface area (Å²) in [4.78, 5) is 56.6. The molecule has 0 saturated carbocycles. The minimum Gasteiger partial charge on any atom is -0.315 e. The maximum absolute atomic E-state index is 13.2. The Labute approximate surface area is 198 Å². The molecule has 4 amide bonds. The highest BCUT2D eigenvalue weighted by Gasteiger charge is 2.50. The fourth-order valence-corrected chi connectivity index (χ4v) is 5.60.